The molecule has 4 heteroatoms. The van der Waals surface area contributed by atoms with Crippen molar-refractivity contribution in [1.82, 2.24) is 15.1 Å². The Labute approximate surface area is 116 Å². The number of rotatable bonds is 6. The first-order valence-corrected chi connectivity index (χ1v) is 7.29. The highest BCUT2D eigenvalue weighted by atomic mass is 16.3. The number of hydrogen-bond donors (Lipinski definition) is 1. The van der Waals surface area contributed by atoms with Crippen molar-refractivity contribution in [3.05, 3.63) is 24.2 Å². The van der Waals surface area contributed by atoms with E-state index in [0.717, 1.165) is 18.8 Å². The predicted octanol–water partition coefficient (Wildman–Crippen LogP) is 1.96. The molecule has 0 aliphatic carbocycles. The Kier molecular flexibility index (Phi) is 5.43. The van der Waals surface area contributed by atoms with E-state index >= 15 is 0 Å². The van der Waals surface area contributed by atoms with Gasteiger partial charge in [0.05, 0.1) is 12.3 Å². The molecule has 0 bridgehead atoms. The molecule has 2 rings (SSSR count). The molecule has 1 aliphatic rings. The molecule has 108 valence electrons. The van der Waals surface area contributed by atoms with E-state index in [1.165, 1.54) is 25.8 Å². The molecule has 0 saturated carbocycles. The Bertz CT molecular complexity index is 350. The SMILES string of the molecule is CN(C)C(CNCC1CCCCN1C)c1ccco1. The molecule has 19 heavy (non-hydrogen) atoms. The van der Waals surface area contributed by atoms with Crippen LogP contribution in [0.2, 0.25) is 0 Å². The Morgan fingerprint density at radius 1 is 1.47 bits per heavy atom. The second-order valence-corrected chi connectivity index (χ2v) is 5.78. The van der Waals surface area contributed by atoms with E-state index < -0.39 is 0 Å². The van der Waals surface area contributed by atoms with Crippen LogP contribution in [0.1, 0.15) is 31.1 Å². The maximum atomic E-state index is 5.53. The van der Waals surface area contributed by atoms with Gasteiger partial charge in [0.25, 0.3) is 0 Å². The monoisotopic (exact) mass is 265 g/mol. The average Bonchev–Trinajstić information content (AvgIpc) is 2.89. The zero-order chi connectivity index (χ0) is 13.7. The Morgan fingerprint density at radius 2 is 2.32 bits per heavy atom. The third-order valence-corrected chi connectivity index (χ3v) is 4.13. The van der Waals surface area contributed by atoms with Crippen LogP contribution in [0.5, 0.6) is 0 Å². The smallest absolute Gasteiger partial charge is 0.122 e. The second kappa shape index (κ2) is 7.08. The number of nitrogens with one attached hydrogen (secondary N) is 1. The molecule has 1 aromatic heterocycles. The third-order valence-electron chi connectivity index (χ3n) is 4.13. The molecule has 2 heterocycles. The molecule has 1 N–H and O–H groups in total. The zero-order valence-corrected chi connectivity index (χ0v) is 12.4. The van der Waals surface area contributed by atoms with Gasteiger partial charge in [-0.05, 0) is 52.7 Å². The van der Waals surface area contributed by atoms with Crippen LogP contribution in [-0.2, 0) is 0 Å². The van der Waals surface area contributed by atoms with Gasteiger partial charge in [-0.2, -0.15) is 0 Å². The van der Waals surface area contributed by atoms with E-state index in [1.807, 2.05) is 6.07 Å². The summed E-state index contributed by atoms with van der Waals surface area (Å²) in [5.41, 5.74) is 0. The van der Waals surface area contributed by atoms with Gasteiger partial charge in [0, 0.05) is 19.1 Å². The summed E-state index contributed by atoms with van der Waals surface area (Å²) in [6.07, 6.45) is 5.78. The summed E-state index contributed by atoms with van der Waals surface area (Å²) in [7, 11) is 6.44. The summed E-state index contributed by atoms with van der Waals surface area (Å²) in [4.78, 5) is 4.68. The molecular weight excluding hydrogens is 238 g/mol. The largest absolute Gasteiger partial charge is 0.468 e. The van der Waals surface area contributed by atoms with Crippen molar-refractivity contribution in [2.45, 2.75) is 31.3 Å². The highest BCUT2D eigenvalue weighted by Gasteiger charge is 2.20. The summed E-state index contributed by atoms with van der Waals surface area (Å²) >= 11 is 0. The van der Waals surface area contributed by atoms with Crippen molar-refractivity contribution in [2.24, 2.45) is 0 Å². The van der Waals surface area contributed by atoms with Crippen LogP contribution < -0.4 is 5.32 Å². The number of nitrogens with zero attached hydrogens (tertiary/aromatic N) is 2. The van der Waals surface area contributed by atoms with Crippen LogP contribution in [0.15, 0.2) is 22.8 Å². The number of furan rings is 1. The summed E-state index contributed by atoms with van der Waals surface area (Å²) in [5, 5.41) is 3.61. The molecule has 1 aliphatic heterocycles. The third kappa shape index (κ3) is 4.06. The number of hydrogen-bond acceptors (Lipinski definition) is 4. The Morgan fingerprint density at radius 3 is 2.95 bits per heavy atom. The molecule has 0 spiro atoms. The van der Waals surface area contributed by atoms with Gasteiger partial charge >= 0.3 is 0 Å². The first-order valence-electron chi connectivity index (χ1n) is 7.29. The fourth-order valence-corrected chi connectivity index (χ4v) is 2.81. The zero-order valence-electron chi connectivity index (χ0n) is 12.4. The lowest BCUT2D eigenvalue weighted by molar-refractivity contribution is 0.174. The van der Waals surface area contributed by atoms with E-state index in [0.29, 0.717) is 12.1 Å². The molecule has 1 saturated heterocycles. The summed E-state index contributed by atoms with van der Waals surface area (Å²) in [5.74, 6) is 1.04. The molecular formula is C15H27N3O. The van der Waals surface area contributed by atoms with Gasteiger partial charge in [0.1, 0.15) is 5.76 Å². The van der Waals surface area contributed by atoms with Gasteiger partial charge in [0.15, 0.2) is 0 Å². The van der Waals surface area contributed by atoms with Gasteiger partial charge < -0.3 is 14.6 Å². The fourth-order valence-electron chi connectivity index (χ4n) is 2.81. The molecule has 0 amide bonds. The highest BCUT2D eigenvalue weighted by Crippen LogP contribution is 2.18. The molecule has 1 aromatic rings. The first-order chi connectivity index (χ1) is 9.18. The van der Waals surface area contributed by atoms with Crippen molar-refractivity contribution >= 4 is 0 Å². The highest BCUT2D eigenvalue weighted by molar-refractivity contribution is 5.05. The first kappa shape index (κ1) is 14.6. The molecule has 0 radical (unpaired) electrons. The van der Waals surface area contributed by atoms with E-state index in [-0.39, 0.29) is 0 Å². The number of likely N-dealkylation sites (tertiary alicyclic amines) is 1. The lowest BCUT2D eigenvalue weighted by Crippen LogP contribution is -2.44. The van der Waals surface area contributed by atoms with Gasteiger partial charge in [-0.1, -0.05) is 6.42 Å². The maximum Gasteiger partial charge on any atom is 0.122 e. The summed E-state index contributed by atoms with van der Waals surface area (Å²) in [6.45, 7) is 3.24. The maximum absolute atomic E-state index is 5.53. The molecule has 2 atom stereocenters. The van der Waals surface area contributed by atoms with Crippen LogP contribution in [-0.4, -0.2) is 56.6 Å². The Balaban J connectivity index is 1.79. The minimum absolute atomic E-state index is 0.309. The molecule has 0 aromatic carbocycles. The van der Waals surface area contributed by atoms with E-state index in [4.69, 9.17) is 4.42 Å². The van der Waals surface area contributed by atoms with Gasteiger partial charge in [-0.15, -0.1) is 0 Å². The predicted molar refractivity (Wildman–Crippen MR) is 78.3 cm³/mol. The lowest BCUT2D eigenvalue weighted by atomic mass is 10.0. The van der Waals surface area contributed by atoms with Gasteiger partial charge in [0.2, 0.25) is 0 Å². The molecule has 2 unspecified atom stereocenters. The molecule has 4 nitrogen and oxygen atoms in total. The number of likely N-dealkylation sites (N-methyl/N-ethyl adjacent to an activating group) is 2. The number of piperidine rings is 1. The fraction of sp³-hybridized carbons (Fsp3) is 0.733. The van der Waals surface area contributed by atoms with E-state index in [2.05, 4.69) is 42.3 Å². The lowest BCUT2D eigenvalue weighted by Gasteiger charge is -2.33. The standard InChI is InChI=1S/C15H27N3O/c1-17(2)14(15-8-6-10-19-15)12-16-11-13-7-4-5-9-18(13)3/h6,8,10,13-14,16H,4-5,7,9,11-12H2,1-3H3. The minimum Gasteiger partial charge on any atom is -0.468 e. The minimum atomic E-state index is 0.309. The van der Waals surface area contributed by atoms with Crippen molar-refractivity contribution in [3.63, 3.8) is 0 Å². The van der Waals surface area contributed by atoms with Crippen LogP contribution >= 0.6 is 0 Å². The Hall–Kier alpha value is -0.840. The van der Waals surface area contributed by atoms with Gasteiger partial charge in [-0.3, -0.25) is 4.90 Å². The van der Waals surface area contributed by atoms with Crippen LogP contribution in [0, 0.1) is 0 Å². The van der Waals surface area contributed by atoms with E-state index in [9.17, 15) is 0 Å². The van der Waals surface area contributed by atoms with Crippen molar-refractivity contribution < 1.29 is 4.42 Å². The van der Waals surface area contributed by atoms with Crippen LogP contribution in [0.25, 0.3) is 0 Å². The molecule has 1 fully saturated rings. The van der Waals surface area contributed by atoms with E-state index in [1.54, 1.807) is 6.26 Å². The second-order valence-electron chi connectivity index (χ2n) is 5.78. The summed E-state index contributed by atoms with van der Waals surface area (Å²) in [6, 6.07) is 5.01. The van der Waals surface area contributed by atoms with Crippen LogP contribution in [0.3, 0.4) is 0 Å². The normalized spacial score (nSPS) is 22.8. The van der Waals surface area contributed by atoms with Gasteiger partial charge in [-0.25, -0.2) is 0 Å². The van der Waals surface area contributed by atoms with Crippen molar-refractivity contribution in [2.75, 3.05) is 40.8 Å². The topological polar surface area (TPSA) is 31.6 Å². The summed E-state index contributed by atoms with van der Waals surface area (Å²) < 4.78 is 5.53. The van der Waals surface area contributed by atoms with Crippen molar-refractivity contribution in [1.29, 1.82) is 0 Å². The quantitative estimate of drug-likeness (QED) is 0.852. The average molecular weight is 265 g/mol. The van der Waals surface area contributed by atoms with Crippen LogP contribution in [0.4, 0.5) is 0 Å². The van der Waals surface area contributed by atoms with Crippen molar-refractivity contribution in [3.8, 4) is 0 Å².